The largest absolute Gasteiger partial charge is 0.353 e. The van der Waals surface area contributed by atoms with Gasteiger partial charge >= 0.3 is 0 Å². The molecule has 1 fully saturated rings. The van der Waals surface area contributed by atoms with Crippen LogP contribution in [0.25, 0.3) is 0 Å². The summed E-state index contributed by atoms with van der Waals surface area (Å²) in [5.74, 6) is 0.397. The van der Waals surface area contributed by atoms with Gasteiger partial charge < -0.3 is 5.32 Å². The summed E-state index contributed by atoms with van der Waals surface area (Å²) in [7, 11) is 0. The van der Waals surface area contributed by atoms with Gasteiger partial charge in [0, 0.05) is 23.1 Å². The molecule has 1 aromatic carbocycles. The smallest absolute Gasteiger partial charge is 0.269 e. The summed E-state index contributed by atoms with van der Waals surface area (Å²) in [5, 5.41) is 13.6. The van der Waals surface area contributed by atoms with Gasteiger partial charge in [-0.1, -0.05) is 19.3 Å². The fourth-order valence-electron chi connectivity index (χ4n) is 2.33. The molecule has 108 valence electrons. The molecule has 0 aliphatic heterocycles. The number of hydrogen-bond acceptors (Lipinski definition) is 4. The topological polar surface area (TPSA) is 72.2 Å². The number of carbonyl (C=O) groups excluding carboxylic acids is 1. The van der Waals surface area contributed by atoms with Gasteiger partial charge in [-0.15, -0.1) is 11.8 Å². The maximum atomic E-state index is 11.8. The molecule has 1 aliphatic carbocycles. The van der Waals surface area contributed by atoms with Gasteiger partial charge in [0.15, 0.2) is 0 Å². The Bertz CT molecular complexity index is 470. The average molecular weight is 294 g/mol. The van der Waals surface area contributed by atoms with Crippen molar-refractivity contribution in [2.24, 2.45) is 0 Å². The van der Waals surface area contributed by atoms with Crippen LogP contribution in [0.2, 0.25) is 0 Å². The fraction of sp³-hybridized carbons (Fsp3) is 0.500. The molecule has 1 amide bonds. The minimum absolute atomic E-state index is 0.0419. The highest BCUT2D eigenvalue weighted by Crippen LogP contribution is 2.22. The van der Waals surface area contributed by atoms with Crippen LogP contribution >= 0.6 is 11.8 Å². The Morgan fingerprint density at radius 1 is 1.25 bits per heavy atom. The molecule has 2 rings (SSSR count). The number of rotatable bonds is 5. The number of carbonyl (C=O) groups is 1. The number of nitrogens with zero attached hydrogens (tertiary/aromatic N) is 1. The SMILES string of the molecule is O=C(CSc1ccc([N+](=O)[O-])cc1)NC1CCCCC1. The molecule has 0 bridgehead atoms. The first-order chi connectivity index (χ1) is 9.65. The first kappa shape index (κ1) is 14.8. The van der Waals surface area contributed by atoms with Crippen LogP contribution in [0.3, 0.4) is 0 Å². The third kappa shape index (κ3) is 4.52. The highest BCUT2D eigenvalue weighted by atomic mass is 32.2. The highest BCUT2D eigenvalue weighted by molar-refractivity contribution is 8.00. The van der Waals surface area contributed by atoms with Gasteiger partial charge in [-0.3, -0.25) is 14.9 Å². The number of benzene rings is 1. The number of hydrogen-bond donors (Lipinski definition) is 1. The van der Waals surface area contributed by atoms with E-state index in [2.05, 4.69) is 5.32 Å². The van der Waals surface area contributed by atoms with Crippen LogP contribution in [0, 0.1) is 10.1 Å². The molecular formula is C14H18N2O3S. The highest BCUT2D eigenvalue weighted by Gasteiger charge is 2.15. The Labute approximate surface area is 122 Å². The summed E-state index contributed by atoms with van der Waals surface area (Å²) >= 11 is 1.40. The Balaban J connectivity index is 1.76. The maximum absolute atomic E-state index is 11.8. The Morgan fingerprint density at radius 3 is 2.50 bits per heavy atom. The van der Waals surface area contributed by atoms with Crippen LogP contribution in [0.15, 0.2) is 29.2 Å². The molecular weight excluding hydrogens is 276 g/mol. The molecule has 1 aromatic rings. The van der Waals surface area contributed by atoms with Crippen molar-refractivity contribution >= 4 is 23.4 Å². The molecule has 0 saturated heterocycles. The van der Waals surface area contributed by atoms with Crippen molar-refractivity contribution < 1.29 is 9.72 Å². The van der Waals surface area contributed by atoms with Crippen LogP contribution < -0.4 is 5.32 Å². The van der Waals surface area contributed by atoms with Crippen molar-refractivity contribution in [3.8, 4) is 0 Å². The molecule has 1 N–H and O–H groups in total. The van der Waals surface area contributed by atoms with Crippen molar-refractivity contribution in [1.29, 1.82) is 0 Å². The standard InChI is InChI=1S/C14H18N2O3S/c17-14(15-11-4-2-1-3-5-11)10-20-13-8-6-12(7-9-13)16(18)19/h6-9,11H,1-5,10H2,(H,15,17). The minimum Gasteiger partial charge on any atom is -0.353 e. The molecule has 5 nitrogen and oxygen atoms in total. The van der Waals surface area contributed by atoms with Crippen molar-refractivity contribution in [3.05, 3.63) is 34.4 Å². The molecule has 0 radical (unpaired) electrons. The number of nitro benzene ring substituents is 1. The lowest BCUT2D eigenvalue weighted by Gasteiger charge is -2.22. The van der Waals surface area contributed by atoms with E-state index in [1.165, 1.54) is 43.2 Å². The third-order valence-corrected chi connectivity index (χ3v) is 4.40. The van der Waals surface area contributed by atoms with E-state index in [9.17, 15) is 14.9 Å². The summed E-state index contributed by atoms with van der Waals surface area (Å²) in [5.41, 5.74) is 0.0704. The van der Waals surface area contributed by atoms with Gasteiger partial charge in [0.2, 0.25) is 5.91 Å². The van der Waals surface area contributed by atoms with E-state index in [-0.39, 0.29) is 11.6 Å². The molecule has 6 heteroatoms. The van der Waals surface area contributed by atoms with Crippen molar-refractivity contribution in [2.75, 3.05) is 5.75 Å². The quantitative estimate of drug-likeness (QED) is 0.514. The van der Waals surface area contributed by atoms with Crippen LogP contribution in [-0.4, -0.2) is 22.6 Å². The lowest BCUT2D eigenvalue weighted by atomic mass is 9.95. The third-order valence-electron chi connectivity index (χ3n) is 3.39. The van der Waals surface area contributed by atoms with Crippen LogP contribution in [0.4, 0.5) is 5.69 Å². The normalized spacial score (nSPS) is 15.8. The van der Waals surface area contributed by atoms with Gasteiger partial charge in [-0.2, -0.15) is 0 Å². The van der Waals surface area contributed by atoms with E-state index in [0.717, 1.165) is 17.7 Å². The number of thioether (sulfide) groups is 1. The Hall–Kier alpha value is -1.56. The fourth-order valence-corrected chi connectivity index (χ4v) is 3.04. The van der Waals surface area contributed by atoms with Crippen LogP contribution in [0.1, 0.15) is 32.1 Å². The van der Waals surface area contributed by atoms with Gasteiger partial charge in [0.1, 0.15) is 0 Å². The second-order valence-electron chi connectivity index (χ2n) is 4.94. The second kappa shape index (κ2) is 7.28. The van der Waals surface area contributed by atoms with Gasteiger partial charge in [0.05, 0.1) is 10.7 Å². The van der Waals surface area contributed by atoms with E-state index in [1.807, 2.05) is 0 Å². The first-order valence-corrected chi connectivity index (χ1v) is 7.80. The van der Waals surface area contributed by atoms with Crippen LogP contribution in [-0.2, 0) is 4.79 Å². The Morgan fingerprint density at radius 2 is 1.90 bits per heavy atom. The van der Waals surface area contributed by atoms with Gasteiger partial charge in [-0.05, 0) is 25.0 Å². The number of non-ortho nitro benzene ring substituents is 1. The number of amides is 1. The van der Waals surface area contributed by atoms with Gasteiger partial charge in [-0.25, -0.2) is 0 Å². The molecule has 0 unspecified atom stereocenters. The molecule has 1 aliphatic rings. The van der Waals surface area contributed by atoms with Crippen molar-refractivity contribution in [3.63, 3.8) is 0 Å². The zero-order chi connectivity index (χ0) is 14.4. The number of nitro groups is 1. The van der Waals surface area contributed by atoms with E-state index in [1.54, 1.807) is 12.1 Å². The predicted molar refractivity (Wildman–Crippen MR) is 78.8 cm³/mol. The number of nitrogens with one attached hydrogen (secondary N) is 1. The first-order valence-electron chi connectivity index (χ1n) is 6.82. The summed E-state index contributed by atoms with van der Waals surface area (Å²) in [6, 6.07) is 6.60. The summed E-state index contributed by atoms with van der Waals surface area (Å²) in [6.45, 7) is 0. The Kier molecular flexibility index (Phi) is 5.40. The lowest BCUT2D eigenvalue weighted by Crippen LogP contribution is -2.37. The summed E-state index contributed by atoms with van der Waals surface area (Å²) < 4.78 is 0. The molecule has 20 heavy (non-hydrogen) atoms. The molecule has 0 atom stereocenters. The van der Waals surface area contributed by atoms with Crippen LogP contribution in [0.5, 0.6) is 0 Å². The monoisotopic (exact) mass is 294 g/mol. The maximum Gasteiger partial charge on any atom is 0.269 e. The van der Waals surface area contributed by atoms with Crippen molar-refractivity contribution in [2.45, 2.75) is 43.0 Å². The zero-order valence-corrected chi connectivity index (χ0v) is 12.0. The second-order valence-corrected chi connectivity index (χ2v) is 5.99. The average Bonchev–Trinajstić information content (AvgIpc) is 2.46. The summed E-state index contributed by atoms with van der Waals surface area (Å²) in [6.07, 6.45) is 5.81. The molecule has 1 saturated carbocycles. The van der Waals surface area contributed by atoms with E-state index in [4.69, 9.17) is 0 Å². The van der Waals surface area contributed by atoms with Crippen molar-refractivity contribution in [1.82, 2.24) is 5.32 Å². The van der Waals surface area contributed by atoms with E-state index >= 15 is 0 Å². The van der Waals surface area contributed by atoms with E-state index in [0.29, 0.717) is 11.8 Å². The van der Waals surface area contributed by atoms with Gasteiger partial charge in [0.25, 0.3) is 5.69 Å². The predicted octanol–water partition coefficient (Wildman–Crippen LogP) is 3.14. The molecule has 0 heterocycles. The zero-order valence-electron chi connectivity index (χ0n) is 11.2. The minimum atomic E-state index is -0.426. The molecule has 0 spiro atoms. The summed E-state index contributed by atoms with van der Waals surface area (Å²) in [4.78, 5) is 22.8. The lowest BCUT2D eigenvalue weighted by molar-refractivity contribution is -0.384. The van der Waals surface area contributed by atoms with E-state index < -0.39 is 4.92 Å². The molecule has 0 aromatic heterocycles.